The average Bonchev–Trinajstić information content (AvgIpc) is 3.46. The van der Waals surface area contributed by atoms with Gasteiger partial charge >= 0.3 is 0 Å². The second kappa shape index (κ2) is 9.71. The molecule has 1 aliphatic heterocycles. The summed E-state index contributed by atoms with van der Waals surface area (Å²) < 4.78 is 7.47. The van der Waals surface area contributed by atoms with Crippen LogP contribution in [0.4, 0.5) is 0 Å². The number of aromatic nitrogens is 3. The molecule has 1 aromatic heterocycles. The minimum Gasteiger partial charge on any atom is -0.377 e. The van der Waals surface area contributed by atoms with Gasteiger partial charge in [-0.1, -0.05) is 36.4 Å². The van der Waals surface area contributed by atoms with Crippen molar-refractivity contribution in [2.24, 2.45) is 0 Å². The van der Waals surface area contributed by atoms with Gasteiger partial charge in [0.2, 0.25) is 0 Å². The van der Waals surface area contributed by atoms with Crippen molar-refractivity contribution in [2.45, 2.75) is 36.9 Å². The van der Waals surface area contributed by atoms with Gasteiger partial charge in [-0.3, -0.25) is 4.79 Å². The average molecular weight is 409 g/mol. The first kappa shape index (κ1) is 19.7. The van der Waals surface area contributed by atoms with E-state index >= 15 is 0 Å². The Labute approximate surface area is 174 Å². The van der Waals surface area contributed by atoms with Gasteiger partial charge in [-0.05, 0) is 36.1 Å². The number of amides is 1. The predicted octanol–water partition coefficient (Wildman–Crippen LogP) is 3.53. The molecule has 1 N–H and O–H groups in total. The van der Waals surface area contributed by atoms with Crippen molar-refractivity contribution >= 4 is 17.7 Å². The third kappa shape index (κ3) is 5.46. The van der Waals surface area contributed by atoms with E-state index in [0.29, 0.717) is 19.2 Å². The molecule has 29 heavy (non-hydrogen) atoms. The van der Waals surface area contributed by atoms with Crippen LogP contribution in [0.25, 0.3) is 0 Å². The van der Waals surface area contributed by atoms with Crippen LogP contribution in [-0.2, 0) is 17.8 Å². The smallest absolute Gasteiger partial charge is 0.252 e. The van der Waals surface area contributed by atoms with E-state index in [1.54, 1.807) is 22.8 Å². The summed E-state index contributed by atoms with van der Waals surface area (Å²) in [5.74, 6) is 0.837. The van der Waals surface area contributed by atoms with Crippen LogP contribution in [0.3, 0.4) is 0 Å². The SMILES string of the molecule is O=C(NCc1ccc(Cn2cncn2)cc1)c1ccccc1SCC1CCCO1. The molecule has 0 radical (unpaired) electrons. The van der Waals surface area contributed by atoms with E-state index in [1.165, 1.54) is 6.33 Å². The summed E-state index contributed by atoms with van der Waals surface area (Å²) in [7, 11) is 0. The number of ether oxygens (including phenoxy) is 1. The van der Waals surface area contributed by atoms with Crippen LogP contribution in [0.1, 0.15) is 34.3 Å². The lowest BCUT2D eigenvalue weighted by Gasteiger charge is -2.12. The van der Waals surface area contributed by atoms with Crippen LogP contribution in [-0.4, -0.2) is 39.1 Å². The van der Waals surface area contributed by atoms with E-state index in [0.717, 1.165) is 46.8 Å². The van der Waals surface area contributed by atoms with Crippen LogP contribution >= 0.6 is 11.8 Å². The van der Waals surface area contributed by atoms with Crippen molar-refractivity contribution in [3.8, 4) is 0 Å². The highest BCUT2D eigenvalue weighted by molar-refractivity contribution is 7.99. The molecule has 1 aliphatic rings. The van der Waals surface area contributed by atoms with E-state index in [2.05, 4.69) is 27.5 Å². The van der Waals surface area contributed by atoms with Crippen LogP contribution < -0.4 is 5.32 Å². The van der Waals surface area contributed by atoms with Crippen molar-refractivity contribution in [3.05, 3.63) is 77.9 Å². The Morgan fingerprint density at radius 1 is 1.17 bits per heavy atom. The van der Waals surface area contributed by atoms with E-state index in [9.17, 15) is 4.79 Å². The molecule has 0 aliphatic carbocycles. The van der Waals surface area contributed by atoms with E-state index in [4.69, 9.17) is 4.74 Å². The second-order valence-corrected chi connectivity index (χ2v) is 8.10. The number of nitrogens with one attached hydrogen (secondary N) is 1. The lowest BCUT2D eigenvalue weighted by molar-refractivity contribution is 0.0948. The van der Waals surface area contributed by atoms with Gasteiger partial charge in [0.25, 0.3) is 5.91 Å². The van der Waals surface area contributed by atoms with Crippen molar-refractivity contribution in [3.63, 3.8) is 0 Å². The fourth-order valence-corrected chi connectivity index (χ4v) is 4.40. The zero-order valence-electron chi connectivity index (χ0n) is 16.2. The Bertz CT molecular complexity index is 922. The fourth-order valence-electron chi connectivity index (χ4n) is 3.28. The Morgan fingerprint density at radius 3 is 2.76 bits per heavy atom. The normalized spacial score (nSPS) is 16.1. The molecule has 1 unspecified atom stereocenters. The van der Waals surface area contributed by atoms with Gasteiger partial charge in [-0.25, -0.2) is 9.67 Å². The third-order valence-electron chi connectivity index (χ3n) is 4.87. The maximum absolute atomic E-state index is 12.7. The zero-order valence-corrected chi connectivity index (χ0v) is 17.0. The predicted molar refractivity (Wildman–Crippen MR) is 113 cm³/mol. The molecule has 4 rings (SSSR count). The molecule has 7 heteroatoms. The summed E-state index contributed by atoms with van der Waals surface area (Å²) in [6.45, 7) is 2.03. The number of thioether (sulfide) groups is 1. The number of nitrogens with zero attached hydrogens (tertiary/aromatic N) is 3. The number of rotatable bonds is 8. The summed E-state index contributed by atoms with van der Waals surface area (Å²) in [6.07, 6.45) is 5.76. The number of carbonyl (C=O) groups is 1. The van der Waals surface area contributed by atoms with Crippen molar-refractivity contribution in [2.75, 3.05) is 12.4 Å². The summed E-state index contributed by atoms with van der Waals surface area (Å²) in [4.78, 5) is 17.7. The van der Waals surface area contributed by atoms with Gasteiger partial charge in [0.15, 0.2) is 0 Å². The largest absolute Gasteiger partial charge is 0.377 e. The van der Waals surface area contributed by atoms with Gasteiger partial charge in [0, 0.05) is 23.8 Å². The van der Waals surface area contributed by atoms with Crippen molar-refractivity contribution in [1.82, 2.24) is 20.1 Å². The first-order valence-corrected chi connectivity index (χ1v) is 10.8. The van der Waals surface area contributed by atoms with Gasteiger partial charge in [-0.2, -0.15) is 5.10 Å². The Morgan fingerprint density at radius 2 is 2.00 bits per heavy atom. The molecule has 6 nitrogen and oxygen atoms in total. The van der Waals surface area contributed by atoms with Crippen LogP contribution in [0.2, 0.25) is 0 Å². The van der Waals surface area contributed by atoms with E-state index < -0.39 is 0 Å². The van der Waals surface area contributed by atoms with Gasteiger partial charge < -0.3 is 10.1 Å². The first-order valence-electron chi connectivity index (χ1n) is 9.80. The highest BCUT2D eigenvalue weighted by atomic mass is 32.2. The van der Waals surface area contributed by atoms with Crippen LogP contribution in [0.5, 0.6) is 0 Å². The summed E-state index contributed by atoms with van der Waals surface area (Å²) in [5.41, 5.74) is 2.92. The minimum absolute atomic E-state index is 0.0490. The Kier molecular flexibility index (Phi) is 6.59. The van der Waals surface area contributed by atoms with Crippen LogP contribution in [0.15, 0.2) is 66.1 Å². The lowest BCUT2D eigenvalue weighted by Crippen LogP contribution is -2.23. The summed E-state index contributed by atoms with van der Waals surface area (Å²) in [5, 5.41) is 7.15. The topological polar surface area (TPSA) is 69.0 Å². The fraction of sp³-hybridized carbons (Fsp3) is 0.318. The number of hydrogen-bond acceptors (Lipinski definition) is 5. The molecule has 1 fully saturated rings. The monoisotopic (exact) mass is 408 g/mol. The summed E-state index contributed by atoms with van der Waals surface area (Å²) >= 11 is 1.70. The molecule has 1 amide bonds. The lowest BCUT2D eigenvalue weighted by atomic mass is 10.1. The Balaban J connectivity index is 1.32. The molecule has 0 bridgehead atoms. The van der Waals surface area contributed by atoms with Crippen molar-refractivity contribution in [1.29, 1.82) is 0 Å². The zero-order chi connectivity index (χ0) is 19.9. The quantitative estimate of drug-likeness (QED) is 0.578. The molecule has 0 spiro atoms. The Hall–Kier alpha value is -2.64. The number of benzene rings is 2. The molecule has 2 aromatic carbocycles. The maximum Gasteiger partial charge on any atom is 0.252 e. The molecular weight excluding hydrogens is 384 g/mol. The molecule has 1 saturated heterocycles. The first-order chi connectivity index (χ1) is 14.3. The second-order valence-electron chi connectivity index (χ2n) is 7.03. The van der Waals surface area contributed by atoms with Crippen LogP contribution in [0, 0.1) is 0 Å². The van der Waals surface area contributed by atoms with Gasteiger partial charge in [0.05, 0.1) is 18.2 Å². The number of hydrogen-bond donors (Lipinski definition) is 1. The number of carbonyl (C=O) groups excluding carboxylic acids is 1. The molecule has 3 aromatic rings. The van der Waals surface area contributed by atoms with Crippen molar-refractivity contribution < 1.29 is 9.53 Å². The minimum atomic E-state index is -0.0490. The molecule has 0 saturated carbocycles. The standard InChI is InChI=1S/C22H24N4O2S/c27-22(20-5-1-2-6-21(20)29-14-19-4-3-11-28-19)24-12-17-7-9-18(10-8-17)13-26-16-23-15-25-26/h1-2,5-10,15-16,19H,3-4,11-14H2,(H,24,27). The van der Waals surface area contributed by atoms with Gasteiger partial charge in [-0.15, -0.1) is 11.8 Å². The maximum atomic E-state index is 12.7. The molecule has 150 valence electrons. The van der Waals surface area contributed by atoms with E-state index in [1.807, 2.05) is 36.4 Å². The molecule has 1 atom stereocenters. The third-order valence-corrected chi connectivity index (χ3v) is 6.07. The molecular formula is C22H24N4O2S. The van der Waals surface area contributed by atoms with Gasteiger partial charge in [0.1, 0.15) is 12.7 Å². The molecule has 2 heterocycles. The highest BCUT2D eigenvalue weighted by Gasteiger charge is 2.17. The highest BCUT2D eigenvalue weighted by Crippen LogP contribution is 2.26. The van der Waals surface area contributed by atoms with E-state index in [-0.39, 0.29) is 5.91 Å². The summed E-state index contributed by atoms with van der Waals surface area (Å²) in [6, 6.07) is 15.9.